The monoisotopic (exact) mass is 650 g/mol. The summed E-state index contributed by atoms with van der Waals surface area (Å²) >= 11 is 0. The van der Waals surface area contributed by atoms with E-state index in [0.717, 1.165) is 0 Å². The molecule has 4 fully saturated rings. The zero-order valence-electron chi connectivity index (χ0n) is 23.3. The van der Waals surface area contributed by atoms with Gasteiger partial charge in [0, 0.05) is 0 Å². The largest absolute Gasteiger partial charge is 0.394 e. The molecular formula is C24H42O20. The Hall–Kier alpha value is -0.800. The molecule has 4 saturated heterocycles. The smallest absolute Gasteiger partial charge is 0.187 e. The van der Waals surface area contributed by atoms with Crippen molar-refractivity contribution in [1.82, 2.24) is 0 Å². The molecule has 0 bridgehead atoms. The van der Waals surface area contributed by atoms with Crippen LogP contribution in [0, 0.1) is 0 Å². The van der Waals surface area contributed by atoms with E-state index in [9.17, 15) is 66.4 Å². The molecule has 0 aromatic rings. The highest BCUT2D eigenvalue weighted by molar-refractivity contribution is 4.96. The maximum atomic E-state index is 11.0. The molecule has 4 unspecified atom stereocenters. The van der Waals surface area contributed by atoms with Crippen LogP contribution in [-0.4, -0.2) is 209 Å². The summed E-state index contributed by atoms with van der Waals surface area (Å²) in [6.45, 7) is -0.786. The molecule has 4 heterocycles. The highest BCUT2D eigenvalue weighted by Gasteiger charge is 2.53. The molecule has 0 amide bonds. The Balaban J connectivity index is 1.42. The molecule has 0 spiro atoms. The van der Waals surface area contributed by atoms with E-state index in [1.165, 1.54) is 6.92 Å². The molecule has 20 nitrogen and oxygen atoms in total. The quantitative estimate of drug-likeness (QED) is 0.110. The van der Waals surface area contributed by atoms with Gasteiger partial charge in [0.1, 0.15) is 91.6 Å². The third kappa shape index (κ3) is 7.19. The molecule has 0 aromatic carbocycles. The fourth-order valence-electron chi connectivity index (χ4n) is 5.36. The van der Waals surface area contributed by atoms with Crippen molar-refractivity contribution in [2.24, 2.45) is 0 Å². The Bertz CT molecular complexity index is 900. The third-order valence-electron chi connectivity index (χ3n) is 8.15. The second-order valence-electron chi connectivity index (χ2n) is 11.2. The van der Waals surface area contributed by atoms with E-state index in [1.807, 2.05) is 0 Å². The summed E-state index contributed by atoms with van der Waals surface area (Å²) in [4.78, 5) is 0. The van der Waals surface area contributed by atoms with Crippen molar-refractivity contribution in [2.75, 3.05) is 19.8 Å². The predicted molar refractivity (Wildman–Crippen MR) is 132 cm³/mol. The predicted octanol–water partition coefficient (Wildman–Crippen LogP) is -8.72. The molecule has 44 heavy (non-hydrogen) atoms. The summed E-state index contributed by atoms with van der Waals surface area (Å²) in [6.07, 6.45) is -33.7. The van der Waals surface area contributed by atoms with Crippen LogP contribution in [-0.2, 0) is 33.2 Å². The number of hydrogen-bond acceptors (Lipinski definition) is 20. The van der Waals surface area contributed by atoms with E-state index in [0.29, 0.717) is 0 Å². The molecule has 4 aliphatic heterocycles. The molecule has 0 radical (unpaired) electrons. The number of aliphatic hydroxyl groups excluding tert-OH is 13. The Morgan fingerprint density at radius 1 is 0.455 bits per heavy atom. The van der Waals surface area contributed by atoms with Crippen molar-refractivity contribution in [2.45, 2.75) is 130 Å². The highest BCUT2D eigenvalue weighted by atomic mass is 16.8. The van der Waals surface area contributed by atoms with E-state index in [1.54, 1.807) is 0 Å². The van der Waals surface area contributed by atoms with Gasteiger partial charge in [0.25, 0.3) is 0 Å². The van der Waals surface area contributed by atoms with E-state index >= 15 is 0 Å². The second-order valence-corrected chi connectivity index (χ2v) is 11.2. The van der Waals surface area contributed by atoms with Crippen LogP contribution in [0.2, 0.25) is 0 Å². The number of hydrogen-bond donors (Lipinski definition) is 13. The lowest BCUT2D eigenvalue weighted by Gasteiger charge is -2.47. The van der Waals surface area contributed by atoms with Crippen LogP contribution in [0.3, 0.4) is 0 Å². The van der Waals surface area contributed by atoms with Crippen molar-refractivity contribution in [1.29, 1.82) is 0 Å². The zero-order chi connectivity index (χ0) is 32.6. The lowest BCUT2D eigenvalue weighted by atomic mass is 9.96. The first-order valence-corrected chi connectivity index (χ1v) is 14.0. The average Bonchev–Trinajstić information content (AvgIpc) is 3.00. The van der Waals surface area contributed by atoms with Gasteiger partial charge >= 0.3 is 0 Å². The summed E-state index contributed by atoms with van der Waals surface area (Å²) in [5, 5.41) is 132. The molecule has 20 heteroatoms. The third-order valence-corrected chi connectivity index (χ3v) is 8.15. The van der Waals surface area contributed by atoms with Crippen LogP contribution in [0.5, 0.6) is 0 Å². The molecule has 4 rings (SSSR count). The number of aliphatic hydroxyl groups is 13. The topological polar surface area (TPSA) is 328 Å². The minimum Gasteiger partial charge on any atom is -0.394 e. The van der Waals surface area contributed by atoms with Crippen molar-refractivity contribution >= 4 is 0 Å². The minimum atomic E-state index is -1.95. The lowest BCUT2D eigenvalue weighted by Crippen LogP contribution is -2.66. The Morgan fingerprint density at radius 3 is 1.55 bits per heavy atom. The van der Waals surface area contributed by atoms with Gasteiger partial charge in [-0.2, -0.15) is 0 Å². The van der Waals surface area contributed by atoms with Crippen LogP contribution < -0.4 is 0 Å². The zero-order valence-corrected chi connectivity index (χ0v) is 23.3. The van der Waals surface area contributed by atoms with E-state index in [2.05, 4.69) is 0 Å². The van der Waals surface area contributed by atoms with Gasteiger partial charge < -0.3 is 99.5 Å². The Kier molecular flexibility index (Phi) is 12.3. The minimum absolute atomic E-state index is 0.664. The van der Waals surface area contributed by atoms with Gasteiger partial charge in [-0.3, -0.25) is 0 Å². The first kappa shape index (κ1) is 36.0. The molecule has 0 aliphatic carbocycles. The molecule has 0 aromatic heterocycles. The van der Waals surface area contributed by atoms with Crippen LogP contribution in [0.25, 0.3) is 0 Å². The summed E-state index contributed by atoms with van der Waals surface area (Å²) < 4.78 is 37.7. The maximum absolute atomic E-state index is 11.0. The SMILES string of the molecule is C[C@H]1OC(O[C@@H]2C(O)O[C@H](CO)[C@H](O)[C@@H]2O)[C@H](O)[C@@H](OC2O[C@H](COC3O[C@H](CO)[C@H](O)[C@H](O)[C@H]3O)[C@H](O)[C@H](O)[C@H]2O)[C@H]1O. The van der Waals surface area contributed by atoms with Crippen molar-refractivity contribution in [3.8, 4) is 0 Å². The first-order chi connectivity index (χ1) is 20.7. The average molecular weight is 651 g/mol. The molecular weight excluding hydrogens is 608 g/mol. The van der Waals surface area contributed by atoms with Gasteiger partial charge in [0.15, 0.2) is 25.2 Å². The van der Waals surface area contributed by atoms with Gasteiger partial charge in [-0.05, 0) is 6.92 Å². The van der Waals surface area contributed by atoms with Crippen LogP contribution >= 0.6 is 0 Å². The van der Waals surface area contributed by atoms with Crippen molar-refractivity contribution < 1.29 is 99.5 Å². The van der Waals surface area contributed by atoms with Gasteiger partial charge in [-0.25, -0.2) is 0 Å². The molecule has 20 atom stereocenters. The summed E-state index contributed by atoms with van der Waals surface area (Å²) in [5.74, 6) is 0. The highest BCUT2D eigenvalue weighted by Crippen LogP contribution is 2.32. The van der Waals surface area contributed by atoms with Crippen LogP contribution in [0.4, 0.5) is 0 Å². The molecule has 13 N–H and O–H groups in total. The second kappa shape index (κ2) is 15.0. The van der Waals surface area contributed by atoms with E-state index in [-0.39, 0.29) is 0 Å². The van der Waals surface area contributed by atoms with Crippen molar-refractivity contribution in [3.05, 3.63) is 0 Å². The number of ether oxygens (including phenoxy) is 7. The fourth-order valence-corrected chi connectivity index (χ4v) is 5.36. The van der Waals surface area contributed by atoms with Crippen LogP contribution in [0.15, 0.2) is 0 Å². The van der Waals surface area contributed by atoms with E-state index in [4.69, 9.17) is 33.2 Å². The standard InChI is InChI=1S/C24H42O20/c1-5-9(27)19(18(36)24(39-5)44-20-15(33)11(29)6(2-25)40-21(20)37)43-23-17(35)14(32)12(30)8(42-23)4-38-22-16(34)13(31)10(28)7(3-26)41-22/h5-37H,2-4H2,1H3/t5-,6-,7-,8-,9+,10+,11+,12+,13+,14+,15+,16-,17-,18-,19+,20+,21?,22?,23?,24?/m1/s1. The molecule has 4 aliphatic rings. The first-order valence-electron chi connectivity index (χ1n) is 14.0. The summed E-state index contributed by atoms with van der Waals surface area (Å²) in [6, 6.07) is 0. The molecule has 0 saturated carbocycles. The van der Waals surface area contributed by atoms with Crippen LogP contribution in [0.1, 0.15) is 6.92 Å². The fraction of sp³-hybridized carbons (Fsp3) is 1.00. The summed E-state index contributed by atoms with van der Waals surface area (Å²) in [5.41, 5.74) is 0. The van der Waals surface area contributed by atoms with Gasteiger partial charge in [-0.1, -0.05) is 0 Å². The Morgan fingerprint density at radius 2 is 0.932 bits per heavy atom. The van der Waals surface area contributed by atoms with Gasteiger partial charge in [-0.15, -0.1) is 0 Å². The van der Waals surface area contributed by atoms with Gasteiger partial charge in [0.2, 0.25) is 0 Å². The Labute approximate surface area is 249 Å². The normalized spacial score (nSPS) is 53.9. The van der Waals surface area contributed by atoms with Crippen molar-refractivity contribution in [3.63, 3.8) is 0 Å². The molecule has 258 valence electrons. The number of rotatable bonds is 9. The summed E-state index contributed by atoms with van der Waals surface area (Å²) in [7, 11) is 0. The van der Waals surface area contributed by atoms with Gasteiger partial charge in [0.05, 0.1) is 25.9 Å². The van der Waals surface area contributed by atoms with E-state index < -0.39 is 143 Å². The maximum Gasteiger partial charge on any atom is 0.187 e. The lowest BCUT2D eigenvalue weighted by molar-refractivity contribution is -0.382.